The molecule has 0 radical (unpaired) electrons. The highest BCUT2D eigenvalue weighted by molar-refractivity contribution is 5.86. The molecular formula is C11H15F2N5O2. The number of fused-ring (bicyclic) bond motifs is 1. The van der Waals surface area contributed by atoms with E-state index in [0.29, 0.717) is 0 Å². The number of nitrogens with zero attached hydrogens (tertiary/aromatic N) is 3. The summed E-state index contributed by atoms with van der Waals surface area (Å²) in [6.07, 6.45) is 1.43. The number of aliphatic hydroxyl groups is 1. The van der Waals surface area contributed by atoms with Crippen molar-refractivity contribution in [3.05, 3.63) is 18.3 Å². The molecule has 0 amide bonds. The highest BCUT2D eigenvalue weighted by atomic mass is 19.1. The smallest absolute Gasteiger partial charge is 0.171 e. The van der Waals surface area contributed by atoms with Crippen LogP contribution in [0.2, 0.25) is 0 Å². The molecule has 0 spiro atoms. The molecule has 0 aliphatic rings. The lowest BCUT2D eigenvalue weighted by Crippen LogP contribution is -2.49. The van der Waals surface area contributed by atoms with Gasteiger partial charge in [0, 0.05) is 6.20 Å². The van der Waals surface area contributed by atoms with Crippen LogP contribution in [0.3, 0.4) is 0 Å². The van der Waals surface area contributed by atoms with Crippen LogP contribution < -0.4 is 11.5 Å². The van der Waals surface area contributed by atoms with Crippen molar-refractivity contribution in [1.82, 2.24) is 14.5 Å². The lowest BCUT2D eigenvalue weighted by atomic mass is 10.3. The molecule has 9 heteroatoms. The Morgan fingerprint density at radius 3 is 2.85 bits per heavy atom. The van der Waals surface area contributed by atoms with Crippen LogP contribution in [0.4, 0.5) is 14.6 Å². The van der Waals surface area contributed by atoms with Crippen LogP contribution in [0, 0.1) is 5.82 Å². The Balaban J connectivity index is 2.41. The van der Waals surface area contributed by atoms with Gasteiger partial charge in [-0.25, -0.2) is 18.7 Å². The molecule has 2 aromatic heterocycles. The lowest BCUT2D eigenvalue weighted by Gasteiger charge is -2.28. The Morgan fingerprint density at radius 2 is 2.25 bits per heavy atom. The molecule has 0 unspecified atom stereocenters. The molecule has 2 rings (SSSR count). The summed E-state index contributed by atoms with van der Waals surface area (Å²) in [7, 11) is 0. The Labute approximate surface area is 113 Å². The molecule has 0 bridgehead atoms. The Hall–Kier alpha value is -1.84. The van der Waals surface area contributed by atoms with E-state index in [0.717, 1.165) is 6.20 Å². The first-order chi connectivity index (χ1) is 9.41. The van der Waals surface area contributed by atoms with Crippen LogP contribution in [0.15, 0.2) is 12.5 Å². The minimum Gasteiger partial charge on any atom is -0.392 e. The van der Waals surface area contributed by atoms with Crippen LogP contribution in [-0.4, -0.2) is 38.6 Å². The SMILES string of the molecule is C[C@@H](O[C@](N)(CO)CF)n1cc(F)c2c(N)ncnc21. The number of ether oxygens (including phenoxy) is 1. The minimum atomic E-state index is -1.86. The molecule has 2 heterocycles. The molecule has 0 saturated carbocycles. The third kappa shape index (κ3) is 2.42. The molecule has 2 aromatic rings. The van der Waals surface area contributed by atoms with Crippen LogP contribution in [0.25, 0.3) is 11.0 Å². The van der Waals surface area contributed by atoms with Crippen LogP contribution in [0.1, 0.15) is 13.2 Å². The molecule has 0 saturated heterocycles. The summed E-state index contributed by atoms with van der Waals surface area (Å²) in [6, 6.07) is 0. The van der Waals surface area contributed by atoms with Gasteiger partial charge in [0.05, 0.1) is 12.0 Å². The topological polar surface area (TPSA) is 112 Å². The van der Waals surface area contributed by atoms with Crippen LogP contribution in [-0.2, 0) is 4.74 Å². The van der Waals surface area contributed by atoms with Gasteiger partial charge >= 0.3 is 0 Å². The van der Waals surface area contributed by atoms with Crippen molar-refractivity contribution < 1.29 is 18.6 Å². The summed E-state index contributed by atoms with van der Waals surface area (Å²) in [5, 5.41) is 9.08. The second kappa shape index (κ2) is 5.27. The predicted molar refractivity (Wildman–Crippen MR) is 67.7 cm³/mol. The summed E-state index contributed by atoms with van der Waals surface area (Å²) in [4.78, 5) is 7.62. The number of nitrogen functional groups attached to an aromatic ring is 1. The molecule has 0 aliphatic heterocycles. The van der Waals surface area contributed by atoms with Crippen molar-refractivity contribution in [2.45, 2.75) is 18.9 Å². The zero-order valence-corrected chi connectivity index (χ0v) is 10.8. The minimum absolute atomic E-state index is 0.00916. The summed E-state index contributed by atoms with van der Waals surface area (Å²) >= 11 is 0. The molecule has 2 atom stereocenters. The van der Waals surface area contributed by atoms with E-state index in [4.69, 9.17) is 21.3 Å². The summed E-state index contributed by atoms with van der Waals surface area (Å²) < 4.78 is 33.1. The first kappa shape index (κ1) is 14.6. The first-order valence-corrected chi connectivity index (χ1v) is 5.82. The maximum absolute atomic E-state index is 13.8. The van der Waals surface area contributed by atoms with Gasteiger partial charge in [-0.1, -0.05) is 0 Å². The number of aromatic nitrogens is 3. The maximum atomic E-state index is 13.8. The number of nitrogens with two attached hydrogens (primary N) is 2. The Bertz CT molecular complexity index is 614. The van der Waals surface area contributed by atoms with E-state index in [1.54, 1.807) is 0 Å². The number of hydrogen-bond donors (Lipinski definition) is 3. The second-order valence-corrected chi connectivity index (χ2v) is 4.42. The lowest BCUT2D eigenvalue weighted by molar-refractivity contribution is -0.145. The summed E-state index contributed by atoms with van der Waals surface area (Å²) in [5.74, 6) is -0.634. The molecule has 0 fully saturated rings. The zero-order valence-electron chi connectivity index (χ0n) is 10.8. The molecule has 110 valence electrons. The standard InChI is InChI=1S/C11H15F2N5O2/c1-6(20-11(15,3-12)4-19)18-2-7(13)8-9(14)16-5-17-10(8)18/h2,5-6,19H,3-4,15H2,1H3,(H2,14,16,17)/t6-,11+/m1/s1. The van der Waals surface area contributed by atoms with Gasteiger partial charge in [0.15, 0.2) is 17.2 Å². The van der Waals surface area contributed by atoms with Crippen LogP contribution >= 0.6 is 0 Å². The monoisotopic (exact) mass is 287 g/mol. The number of rotatable bonds is 5. The summed E-state index contributed by atoms with van der Waals surface area (Å²) in [6.45, 7) is -0.288. The van der Waals surface area contributed by atoms with Crippen molar-refractivity contribution in [2.75, 3.05) is 19.0 Å². The number of halogens is 2. The Morgan fingerprint density at radius 1 is 1.55 bits per heavy atom. The fraction of sp³-hybridized carbons (Fsp3) is 0.455. The van der Waals surface area contributed by atoms with Gasteiger partial charge < -0.3 is 20.1 Å². The van der Waals surface area contributed by atoms with Gasteiger partial charge in [-0.3, -0.25) is 5.73 Å². The summed E-state index contributed by atoms with van der Waals surface area (Å²) in [5.41, 5.74) is 9.42. The van der Waals surface area contributed by atoms with E-state index in [-0.39, 0.29) is 16.9 Å². The molecule has 0 aliphatic carbocycles. The van der Waals surface area contributed by atoms with E-state index >= 15 is 0 Å². The van der Waals surface area contributed by atoms with Gasteiger partial charge in [0.2, 0.25) is 0 Å². The molecule has 0 aromatic carbocycles. The van der Waals surface area contributed by atoms with Gasteiger partial charge in [-0.2, -0.15) is 0 Å². The van der Waals surface area contributed by atoms with E-state index in [1.807, 2.05) is 0 Å². The van der Waals surface area contributed by atoms with Crippen molar-refractivity contribution in [2.24, 2.45) is 5.73 Å². The number of alkyl halides is 1. The average molecular weight is 287 g/mol. The predicted octanol–water partition coefficient (Wildman–Crippen LogP) is 0.304. The van der Waals surface area contributed by atoms with Crippen molar-refractivity contribution in [3.63, 3.8) is 0 Å². The van der Waals surface area contributed by atoms with Gasteiger partial charge in [0.25, 0.3) is 0 Å². The zero-order chi connectivity index (χ0) is 14.9. The molecule has 5 N–H and O–H groups in total. The average Bonchev–Trinajstić information content (AvgIpc) is 2.77. The van der Waals surface area contributed by atoms with E-state index < -0.39 is 31.1 Å². The molecule has 20 heavy (non-hydrogen) atoms. The van der Waals surface area contributed by atoms with Crippen molar-refractivity contribution in [1.29, 1.82) is 0 Å². The fourth-order valence-corrected chi connectivity index (χ4v) is 1.85. The number of hydrogen-bond acceptors (Lipinski definition) is 6. The van der Waals surface area contributed by atoms with E-state index in [1.165, 1.54) is 17.8 Å². The quantitative estimate of drug-likeness (QED) is 0.682. The van der Waals surface area contributed by atoms with Crippen molar-refractivity contribution in [3.8, 4) is 0 Å². The van der Waals surface area contributed by atoms with E-state index in [2.05, 4.69) is 9.97 Å². The Kier molecular flexibility index (Phi) is 3.84. The maximum Gasteiger partial charge on any atom is 0.171 e. The molecular weight excluding hydrogens is 272 g/mol. The van der Waals surface area contributed by atoms with Gasteiger partial charge in [-0.15, -0.1) is 0 Å². The first-order valence-electron chi connectivity index (χ1n) is 5.82. The van der Waals surface area contributed by atoms with Gasteiger partial charge in [0.1, 0.15) is 25.0 Å². The largest absolute Gasteiger partial charge is 0.392 e. The third-order valence-electron chi connectivity index (χ3n) is 2.88. The van der Waals surface area contributed by atoms with Crippen LogP contribution in [0.5, 0.6) is 0 Å². The highest BCUT2D eigenvalue weighted by Crippen LogP contribution is 2.27. The molecule has 7 nitrogen and oxygen atoms in total. The number of anilines is 1. The normalized spacial score (nSPS) is 16.2. The second-order valence-electron chi connectivity index (χ2n) is 4.42. The number of aliphatic hydroxyl groups excluding tert-OH is 1. The van der Waals surface area contributed by atoms with Gasteiger partial charge in [-0.05, 0) is 6.92 Å². The third-order valence-corrected chi connectivity index (χ3v) is 2.88. The fourth-order valence-electron chi connectivity index (χ4n) is 1.85. The van der Waals surface area contributed by atoms with Crippen molar-refractivity contribution >= 4 is 16.9 Å². The highest BCUT2D eigenvalue weighted by Gasteiger charge is 2.29. The van der Waals surface area contributed by atoms with E-state index in [9.17, 15) is 8.78 Å².